The molecular weight excluding hydrogens is 204 g/mol. The van der Waals surface area contributed by atoms with Crippen molar-refractivity contribution in [3.63, 3.8) is 0 Å². The van der Waals surface area contributed by atoms with Crippen LogP contribution in [-0.4, -0.2) is 16.1 Å². The van der Waals surface area contributed by atoms with Gasteiger partial charge in [-0.3, -0.25) is 20.2 Å². The number of carbonyl (C=O) groups excluding carboxylic acids is 1. The molecule has 0 aliphatic carbocycles. The lowest BCUT2D eigenvalue weighted by atomic mass is 10.1. The van der Waals surface area contributed by atoms with E-state index >= 15 is 0 Å². The van der Waals surface area contributed by atoms with Crippen molar-refractivity contribution in [3.8, 4) is 0 Å². The Morgan fingerprint density at radius 2 is 1.87 bits per heavy atom. The Labute approximate surface area is 83.6 Å². The van der Waals surface area contributed by atoms with E-state index in [1.165, 1.54) is 12.1 Å². The quantitative estimate of drug-likeness (QED) is 0.422. The van der Waals surface area contributed by atoms with Crippen LogP contribution in [-0.2, 0) is 11.2 Å². The highest BCUT2D eigenvalue weighted by Gasteiger charge is 2.27. The average Bonchev–Trinajstić information content (AvgIpc) is 2.17. The van der Waals surface area contributed by atoms with Crippen LogP contribution >= 0.6 is 0 Å². The summed E-state index contributed by atoms with van der Waals surface area (Å²) in [5.74, 6) is 0. The lowest BCUT2D eigenvalue weighted by molar-refractivity contribution is -0.422. The van der Waals surface area contributed by atoms with E-state index in [0.717, 1.165) is 6.07 Å². The van der Waals surface area contributed by atoms with Crippen molar-refractivity contribution in [2.45, 2.75) is 6.42 Å². The molecule has 1 aromatic rings. The van der Waals surface area contributed by atoms with Crippen molar-refractivity contribution in [2.75, 3.05) is 0 Å². The number of aldehydes is 1. The second-order valence-corrected chi connectivity index (χ2v) is 2.67. The van der Waals surface area contributed by atoms with Crippen molar-refractivity contribution in [2.24, 2.45) is 0 Å². The molecule has 0 N–H and O–H groups in total. The molecule has 0 fully saturated rings. The van der Waals surface area contributed by atoms with E-state index < -0.39 is 21.2 Å². The van der Waals surface area contributed by atoms with Gasteiger partial charge in [0, 0.05) is 18.1 Å². The lowest BCUT2D eigenvalue weighted by Crippen LogP contribution is -2.01. The number of nitro groups is 2. The number of hydrogen-bond acceptors (Lipinski definition) is 5. The molecule has 0 aliphatic rings. The van der Waals surface area contributed by atoms with Gasteiger partial charge in [-0.15, -0.1) is 0 Å². The van der Waals surface area contributed by atoms with Crippen LogP contribution in [0, 0.1) is 20.2 Å². The molecule has 1 aromatic carbocycles. The number of rotatable bonds is 4. The van der Waals surface area contributed by atoms with E-state index in [2.05, 4.69) is 0 Å². The number of benzene rings is 1. The van der Waals surface area contributed by atoms with Gasteiger partial charge in [0.15, 0.2) is 0 Å². The predicted octanol–water partition coefficient (Wildman–Crippen LogP) is 1.24. The van der Waals surface area contributed by atoms with Gasteiger partial charge >= 0.3 is 11.4 Å². The summed E-state index contributed by atoms with van der Waals surface area (Å²) in [6.07, 6.45) is 0.254. The molecule has 0 saturated carbocycles. The molecule has 0 aliphatic heterocycles. The van der Waals surface area contributed by atoms with Gasteiger partial charge in [0.25, 0.3) is 0 Å². The smallest absolute Gasteiger partial charge is 0.303 e. The van der Waals surface area contributed by atoms with Gasteiger partial charge in [0.05, 0.1) is 9.85 Å². The molecule has 15 heavy (non-hydrogen) atoms. The fourth-order valence-corrected chi connectivity index (χ4v) is 1.19. The van der Waals surface area contributed by atoms with Crippen LogP contribution in [0.15, 0.2) is 18.2 Å². The van der Waals surface area contributed by atoms with Crippen LogP contribution in [0.3, 0.4) is 0 Å². The zero-order valence-electron chi connectivity index (χ0n) is 7.45. The largest absolute Gasteiger partial charge is 0.349 e. The molecule has 7 heteroatoms. The van der Waals surface area contributed by atoms with E-state index in [9.17, 15) is 25.0 Å². The Kier molecular flexibility index (Phi) is 3.06. The first-order valence-electron chi connectivity index (χ1n) is 3.92. The number of carbonyl (C=O) groups is 1. The molecule has 0 unspecified atom stereocenters. The molecule has 0 saturated heterocycles. The molecule has 0 aromatic heterocycles. The van der Waals surface area contributed by atoms with Crippen LogP contribution in [0.25, 0.3) is 0 Å². The minimum Gasteiger partial charge on any atom is -0.303 e. The topological polar surface area (TPSA) is 103 Å². The summed E-state index contributed by atoms with van der Waals surface area (Å²) >= 11 is 0. The van der Waals surface area contributed by atoms with E-state index in [4.69, 9.17) is 0 Å². The number of nitro benzene ring substituents is 2. The van der Waals surface area contributed by atoms with E-state index in [1.54, 1.807) is 0 Å². The van der Waals surface area contributed by atoms with Gasteiger partial charge in [-0.05, 0) is 0 Å². The summed E-state index contributed by atoms with van der Waals surface area (Å²) in [7, 11) is 0. The van der Waals surface area contributed by atoms with Crippen LogP contribution in [0.1, 0.15) is 5.56 Å². The van der Waals surface area contributed by atoms with E-state index in [1.807, 2.05) is 0 Å². The summed E-state index contributed by atoms with van der Waals surface area (Å²) in [6.45, 7) is 0. The van der Waals surface area contributed by atoms with Crippen LogP contribution < -0.4 is 0 Å². The molecular formula is C8H6N2O5. The Hall–Kier alpha value is -2.31. The minimum atomic E-state index is -0.850. The number of nitrogens with zero attached hydrogens (tertiary/aromatic N) is 2. The van der Waals surface area contributed by atoms with E-state index in [-0.39, 0.29) is 12.0 Å². The first-order valence-corrected chi connectivity index (χ1v) is 3.92. The Morgan fingerprint density at radius 1 is 1.20 bits per heavy atom. The molecule has 0 amide bonds. The summed E-state index contributed by atoms with van der Waals surface area (Å²) in [5, 5.41) is 21.1. The molecule has 0 radical (unpaired) electrons. The third-order valence-corrected chi connectivity index (χ3v) is 1.78. The molecule has 78 valence electrons. The van der Waals surface area contributed by atoms with Gasteiger partial charge in [-0.25, -0.2) is 0 Å². The lowest BCUT2D eigenvalue weighted by Gasteiger charge is -1.98. The van der Waals surface area contributed by atoms with Gasteiger partial charge in [-0.1, -0.05) is 12.1 Å². The van der Waals surface area contributed by atoms with Gasteiger partial charge in [0.2, 0.25) is 0 Å². The van der Waals surface area contributed by atoms with Gasteiger partial charge in [0.1, 0.15) is 6.29 Å². The Bertz CT molecular complexity index is 429. The third kappa shape index (κ3) is 2.13. The molecule has 1 rings (SSSR count). The van der Waals surface area contributed by atoms with Crippen molar-refractivity contribution in [1.29, 1.82) is 0 Å². The maximum Gasteiger partial charge on any atom is 0.349 e. The molecule has 0 bridgehead atoms. The maximum atomic E-state index is 10.6. The highest BCUT2D eigenvalue weighted by atomic mass is 16.6. The number of para-hydroxylation sites is 1. The zero-order valence-corrected chi connectivity index (χ0v) is 7.45. The highest BCUT2D eigenvalue weighted by molar-refractivity contribution is 5.65. The molecule has 0 atom stereocenters. The first-order chi connectivity index (χ1) is 7.07. The SMILES string of the molecule is O=CCc1cccc([N+](=O)[O-])c1[N+](=O)[O-]. The fraction of sp³-hybridized carbons (Fsp3) is 0.125. The van der Waals surface area contributed by atoms with Crippen LogP contribution in [0.5, 0.6) is 0 Å². The van der Waals surface area contributed by atoms with E-state index in [0.29, 0.717) is 6.29 Å². The number of hydrogen-bond donors (Lipinski definition) is 0. The second-order valence-electron chi connectivity index (χ2n) is 2.67. The van der Waals surface area contributed by atoms with Gasteiger partial charge < -0.3 is 4.79 Å². The minimum absolute atomic E-state index is 0.0456. The van der Waals surface area contributed by atoms with Gasteiger partial charge in [-0.2, -0.15) is 0 Å². The summed E-state index contributed by atoms with van der Waals surface area (Å²) in [5.41, 5.74) is -1.17. The van der Waals surface area contributed by atoms with Crippen LogP contribution in [0.2, 0.25) is 0 Å². The Morgan fingerprint density at radius 3 is 2.33 bits per heavy atom. The summed E-state index contributed by atoms with van der Waals surface area (Å²) in [6, 6.07) is 3.66. The molecule has 0 heterocycles. The average molecular weight is 210 g/mol. The highest BCUT2D eigenvalue weighted by Crippen LogP contribution is 2.30. The standard InChI is InChI=1S/C8H6N2O5/c11-5-4-6-2-1-3-7(9(12)13)8(6)10(14)15/h1-3,5H,4H2. The van der Waals surface area contributed by atoms with Crippen molar-refractivity contribution < 1.29 is 14.6 Å². The van der Waals surface area contributed by atoms with Crippen molar-refractivity contribution >= 4 is 17.7 Å². The normalized spacial score (nSPS) is 9.60. The second kappa shape index (κ2) is 4.27. The fourth-order valence-electron chi connectivity index (χ4n) is 1.19. The maximum absolute atomic E-state index is 10.6. The molecule has 0 spiro atoms. The monoisotopic (exact) mass is 210 g/mol. The Balaban J connectivity index is 3.40. The van der Waals surface area contributed by atoms with Crippen LogP contribution in [0.4, 0.5) is 11.4 Å². The predicted molar refractivity (Wildman–Crippen MR) is 49.5 cm³/mol. The third-order valence-electron chi connectivity index (χ3n) is 1.78. The van der Waals surface area contributed by atoms with Crippen molar-refractivity contribution in [1.82, 2.24) is 0 Å². The summed E-state index contributed by atoms with van der Waals surface area (Å²) in [4.78, 5) is 29.6. The zero-order chi connectivity index (χ0) is 11.4. The van der Waals surface area contributed by atoms with Crippen molar-refractivity contribution in [3.05, 3.63) is 44.0 Å². The first kappa shape index (κ1) is 10.8. The molecule has 7 nitrogen and oxygen atoms in total. The summed E-state index contributed by atoms with van der Waals surface area (Å²) < 4.78 is 0.